The predicted molar refractivity (Wildman–Crippen MR) is 79.1 cm³/mol. The minimum atomic E-state index is -1.04. The van der Waals surface area contributed by atoms with Crippen LogP contribution in [0.15, 0.2) is 24.3 Å². The van der Waals surface area contributed by atoms with Gasteiger partial charge in [0.05, 0.1) is 0 Å². The maximum absolute atomic E-state index is 12.3. The summed E-state index contributed by atoms with van der Waals surface area (Å²) in [7, 11) is 0. The molecule has 0 radical (unpaired) electrons. The molecule has 4 heteroatoms. The van der Waals surface area contributed by atoms with Gasteiger partial charge < -0.3 is 11.1 Å². The summed E-state index contributed by atoms with van der Waals surface area (Å²) >= 11 is 6.43. The van der Waals surface area contributed by atoms with Crippen LogP contribution in [-0.4, -0.2) is 11.9 Å². The molecule has 2 rings (SSSR count). The van der Waals surface area contributed by atoms with E-state index in [1.54, 1.807) is 19.1 Å². The number of nitrogens with two attached hydrogens (primary N) is 1. The molecule has 3 nitrogen and oxygen atoms in total. The molecule has 0 heterocycles. The zero-order valence-corrected chi connectivity index (χ0v) is 12.0. The molecule has 3 N–H and O–H groups in total. The summed E-state index contributed by atoms with van der Waals surface area (Å²) in [6.07, 6.45) is 5.75. The molecule has 104 valence electrons. The van der Waals surface area contributed by atoms with Crippen molar-refractivity contribution in [2.24, 2.45) is 0 Å². The van der Waals surface area contributed by atoms with Gasteiger partial charge in [0.1, 0.15) is 4.87 Å². The highest BCUT2D eigenvalue weighted by Gasteiger charge is 2.34. The van der Waals surface area contributed by atoms with Crippen molar-refractivity contribution in [1.29, 1.82) is 0 Å². The zero-order valence-electron chi connectivity index (χ0n) is 11.3. The van der Waals surface area contributed by atoms with Gasteiger partial charge in [-0.2, -0.15) is 0 Å². The summed E-state index contributed by atoms with van der Waals surface area (Å²) in [4.78, 5) is 11.3. The van der Waals surface area contributed by atoms with Gasteiger partial charge in [0.15, 0.2) is 0 Å². The lowest BCUT2D eigenvalue weighted by Crippen LogP contribution is -2.44. The highest BCUT2D eigenvalue weighted by Crippen LogP contribution is 2.30. The summed E-state index contributed by atoms with van der Waals surface area (Å²) in [5.41, 5.74) is 7.10. The van der Waals surface area contributed by atoms with E-state index in [9.17, 15) is 4.79 Å². The number of alkyl halides is 1. The van der Waals surface area contributed by atoms with E-state index in [0.29, 0.717) is 5.69 Å². The van der Waals surface area contributed by atoms with E-state index in [-0.39, 0.29) is 11.9 Å². The molecular weight excluding hydrogens is 260 g/mol. The average Bonchev–Trinajstić information content (AvgIpc) is 2.40. The number of hydrogen-bond donors (Lipinski definition) is 2. The Bertz CT molecular complexity index is 436. The highest BCUT2D eigenvalue weighted by atomic mass is 35.5. The number of nitrogen functional groups attached to an aromatic ring is 1. The fraction of sp³-hybridized carbons (Fsp3) is 0.533. The molecule has 19 heavy (non-hydrogen) atoms. The van der Waals surface area contributed by atoms with Crippen LogP contribution in [0.5, 0.6) is 0 Å². The second kappa shape index (κ2) is 5.83. The number of benzene rings is 1. The molecule has 1 aromatic rings. The lowest BCUT2D eigenvalue weighted by atomic mass is 9.93. The monoisotopic (exact) mass is 280 g/mol. The van der Waals surface area contributed by atoms with Gasteiger partial charge in [-0.15, -0.1) is 11.6 Å². The van der Waals surface area contributed by atoms with E-state index in [1.165, 1.54) is 19.3 Å². The molecule has 1 fully saturated rings. The third kappa shape index (κ3) is 3.41. The van der Waals surface area contributed by atoms with Crippen LogP contribution in [-0.2, 0) is 9.67 Å². The van der Waals surface area contributed by atoms with Gasteiger partial charge in [0.2, 0.25) is 5.91 Å². The Labute approximate surface area is 119 Å². The first-order valence-corrected chi connectivity index (χ1v) is 7.24. The molecule has 0 aromatic heterocycles. The second-order valence-electron chi connectivity index (χ2n) is 5.43. The molecule has 1 saturated carbocycles. The number of halogens is 1. The molecule has 0 aliphatic heterocycles. The van der Waals surface area contributed by atoms with Crippen LogP contribution in [0.3, 0.4) is 0 Å². The van der Waals surface area contributed by atoms with Gasteiger partial charge in [-0.25, -0.2) is 0 Å². The van der Waals surface area contributed by atoms with Crippen molar-refractivity contribution in [3.63, 3.8) is 0 Å². The Morgan fingerprint density at radius 3 is 2.42 bits per heavy atom. The van der Waals surface area contributed by atoms with Gasteiger partial charge in [0.25, 0.3) is 0 Å². The summed E-state index contributed by atoms with van der Waals surface area (Å²) in [5, 5.41) is 3.07. The molecule has 1 aliphatic rings. The molecule has 0 spiro atoms. The van der Waals surface area contributed by atoms with E-state index in [0.717, 1.165) is 18.4 Å². The molecule has 0 saturated heterocycles. The zero-order chi connectivity index (χ0) is 13.9. The van der Waals surface area contributed by atoms with Gasteiger partial charge in [-0.3, -0.25) is 4.79 Å². The van der Waals surface area contributed by atoms with E-state index in [1.807, 2.05) is 12.1 Å². The number of nitrogens with one attached hydrogen (secondary N) is 1. The lowest BCUT2D eigenvalue weighted by Gasteiger charge is -2.28. The summed E-state index contributed by atoms with van der Waals surface area (Å²) in [6.45, 7) is 1.73. The van der Waals surface area contributed by atoms with Crippen LogP contribution in [0.1, 0.15) is 44.6 Å². The maximum atomic E-state index is 12.3. The van der Waals surface area contributed by atoms with E-state index in [2.05, 4.69) is 5.32 Å². The second-order valence-corrected chi connectivity index (χ2v) is 6.19. The normalized spacial score (nSPS) is 19.7. The first-order valence-electron chi connectivity index (χ1n) is 6.86. The summed E-state index contributed by atoms with van der Waals surface area (Å²) in [5.74, 6) is -0.120. The number of amides is 1. The standard InChI is InChI=1S/C15H21ClN2O/c1-15(16,11-7-9-12(17)10-8-11)14(19)18-13-5-3-2-4-6-13/h7-10,13H,2-6,17H2,1H3,(H,18,19). The summed E-state index contributed by atoms with van der Waals surface area (Å²) < 4.78 is 0. The fourth-order valence-corrected chi connectivity index (χ4v) is 2.68. The molecular formula is C15H21ClN2O. The molecule has 1 unspecified atom stereocenters. The predicted octanol–water partition coefficient (Wildman–Crippen LogP) is 3.17. The number of rotatable bonds is 3. The third-order valence-electron chi connectivity index (χ3n) is 3.82. The lowest BCUT2D eigenvalue weighted by molar-refractivity contribution is -0.124. The van der Waals surface area contributed by atoms with Crippen molar-refractivity contribution in [1.82, 2.24) is 5.32 Å². The van der Waals surface area contributed by atoms with Crippen molar-refractivity contribution in [3.05, 3.63) is 29.8 Å². The Hall–Kier alpha value is -1.22. The van der Waals surface area contributed by atoms with Crippen molar-refractivity contribution in [2.75, 3.05) is 5.73 Å². The Morgan fingerprint density at radius 2 is 1.84 bits per heavy atom. The SMILES string of the molecule is CC(Cl)(C(=O)NC1CCCCC1)c1ccc(N)cc1. The quantitative estimate of drug-likeness (QED) is 0.660. The highest BCUT2D eigenvalue weighted by molar-refractivity contribution is 6.34. The first kappa shape index (κ1) is 14.2. The first-order chi connectivity index (χ1) is 9.00. The molecule has 0 bridgehead atoms. The molecule has 1 amide bonds. The van der Waals surface area contributed by atoms with Gasteiger partial charge in [-0.05, 0) is 37.5 Å². The molecule has 1 aliphatic carbocycles. The van der Waals surface area contributed by atoms with Crippen LogP contribution in [0.2, 0.25) is 0 Å². The number of carbonyl (C=O) groups excluding carboxylic acids is 1. The maximum Gasteiger partial charge on any atom is 0.245 e. The minimum absolute atomic E-state index is 0.120. The van der Waals surface area contributed by atoms with Crippen LogP contribution < -0.4 is 11.1 Å². The van der Waals surface area contributed by atoms with Crippen molar-refractivity contribution in [2.45, 2.75) is 49.9 Å². The smallest absolute Gasteiger partial charge is 0.245 e. The van der Waals surface area contributed by atoms with Crippen molar-refractivity contribution >= 4 is 23.2 Å². The largest absolute Gasteiger partial charge is 0.399 e. The van der Waals surface area contributed by atoms with Gasteiger partial charge in [-0.1, -0.05) is 31.4 Å². The molecule has 1 aromatic carbocycles. The fourth-order valence-electron chi connectivity index (χ4n) is 2.50. The van der Waals surface area contributed by atoms with Crippen LogP contribution in [0.4, 0.5) is 5.69 Å². The van der Waals surface area contributed by atoms with Gasteiger partial charge in [0, 0.05) is 11.7 Å². The van der Waals surface area contributed by atoms with Gasteiger partial charge >= 0.3 is 0 Å². The topological polar surface area (TPSA) is 55.1 Å². The minimum Gasteiger partial charge on any atom is -0.399 e. The number of hydrogen-bond acceptors (Lipinski definition) is 2. The number of carbonyl (C=O) groups is 1. The van der Waals surface area contributed by atoms with E-state index >= 15 is 0 Å². The Balaban J connectivity index is 2.05. The number of anilines is 1. The van der Waals surface area contributed by atoms with Crippen LogP contribution in [0.25, 0.3) is 0 Å². The Morgan fingerprint density at radius 1 is 1.26 bits per heavy atom. The average molecular weight is 281 g/mol. The van der Waals surface area contributed by atoms with Crippen molar-refractivity contribution in [3.8, 4) is 0 Å². The van der Waals surface area contributed by atoms with E-state index in [4.69, 9.17) is 17.3 Å². The van der Waals surface area contributed by atoms with Crippen LogP contribution in [0, 0.1) is 0 Å². The Kier molecular flexibility index (Phi) is 4.35. The van der Waals surface area contributed by atoms with Crippen LogP contribution >= 0.6 is 11.6 Å². The summed E-state index contributed by atoms with van der Waals surface area (Å²) in [6, 6.07) is 7.42. The third-order valence-corrected chi connectivity index (χ3v) is 4.21. The van der Waals surface area contributed by atoms with E-state index < -0.39 is 4.87 Å². The van der Waals surface area contributed by atoms with Crippen molar-refractivity contribution < 1.29 is 4.79 Å². The molecule has 1 atom stereocenters.